The number of hydrogen-bond donors (Lipinski definition) is 0. The summed E-state index contributed by atoms with van der Waals surface area (Å²) in [5.74, 6) is 0. The van der Waals surface area contributed by atoms with Crippen LogP contribution >= 0.6 is 0 Å². The van der Waals surface area contributed by atoms with Crippen molar-refractivity contribution in [2.45, 2.75) is 26.1 Å². The van der Waals surface area contributed by atoms with E-state index in [2.05, 4.69) is 24.3 Å². The van der Waals surface area contributed by atoms with E-state index in [-0.39, 0.29) is 0 Å². The zero-order valence-electron chi connectivity index (χ0n) is 12.9. The van der Waals surface area contributed by atoms with Gasteiger partial charge in [-0.25, -0.2) is 0 Å². The molecule has 0 unspecified atom stereocenters. The molecule has 0 aliphatic carbocycles. The summed E-state index contributed by atoms with van der Waals surface area (Å²) >= 11 is -1.30. The van der Waals surface area contributed by atoms with Crippen molar-refractivity contribution >= 4 is 0 Å². The maximum atomic E-state index is 5.61. The third kappa shape index (κ3) is 7.81. The van der Waals surface area contributed by atoms with Gasteiger partial charge in [-0.2, -0.15) is 0 Å². The Balaban J connectivity index is 0.000000299. The molecule has 0 saturated carbocycles. The first-order chi connectivity index (χ1) is 10.9. The van der Waals surface area contributed by atoms with Crippen LogP contribution in [0.15, 0.2) is 60.7 Å². The summed E-state index contributed by atoms with van der Waals surface area (Å²) < 4.78 is 16.2. The van der Waals surface area contributed by atoms with Crippen molar-refractivity contribution < 1.29 is 29.7 Å². The molecule has 0 amide bonds. The predicted octanol–water partition coefficient (Wildman–Crippen LogP) is 4.13. The molecule has 0 radical (unpaired) electrons. The summed E-state index contributed by atoms with van der Waals surface area (Å²) in [5.41, 5.74) is 2.42. The van der Waals surface area contributed by atoms with Crippen LogP contribution in [0.25, 0.3) is 0 Å². The monoisotopic (exact) mass is 350 g/mol. The van der Waals surface area contributed by atoms with Crippen LogP contribution in [0.5, 0.6) is 0 Å². The predicted molar refractivity (Wildman–Crippen MR) is 82.5 cm³/mol. The van der Waals surface area contributed by atoms with Gasteiger partial charge in [0.25, 0.3) is 0 Å². The van der Waals surface area contributed by atoms with Crippen LogP contribution in [0.2, 0.25) is 0 Å². The van der Waals surface area contributed by atoms with Gasteiger partial charge in [-0.1, -0.05) is 0 Å². The van der Waals surface area contributed by atoms with Crippen molar-refractivity contribution in [2.24, 2.45) is 0 Å². The van der Waals surface area contributed by atoms with E-state index >= 15 is 0 Å². The first-order valence-corrected chi connectivity index (χ1v) is 10.2. The Bertz CT molecular complexity index is 437. The van der Waals surface area contributed by atoms with Crippen molar-refractivity contribution in [2.75, 3.05) is 13.2 Å². The van der Waals surface area contributed by atoms with Crippen molar-refractivity contribution in [1.82, 2.24) is 0 Å². The summed E-state index contributed by atoms with van der Waals surface area (Å²) in [7, 11) is 0. The molecule has 0 atom stereocenters. The average Bonchev–Trinajstić information content (AvgIpc) is 3.16. The normalized spacial score (nSPS) is 13.1. The van der Waals surface area contributed by atoms with Crippen LogP contribution in [0.4, 0.5) is 0 Å². The van der Waals surface area contributed by atoms with Gasteiger partial charge in [0.1, 0.15) is 0 Å². The van der Waals surface area contributed by atoms with Gasteiger partial charge in [0.15, 0.2) is 0 Å². The molecule has 114 valence electrons. The summed E-state index contributed by atoms with van der Waals surface area (Å²) in [6.45, 7) is 3.35. The van der Waals surface area contributed by atoms with Gasteiger partial charge in [0.05, 0.1) is 0 Å². The molecule has 3 nitrogen and oxygen atoms in total. The number of hydrogen-bond acceptors (Lipinski definition) is 3. The van der Waals surface area contributed by atoms with E-state index in [0.717, 1.165) is 13.2 Å². The Morgan fingerprint density at radius 1 is 0.727 bits per heavy atom. The van der Waals surface area contributed by atoms with Crippen molar-refractivity contribution in [1.29, 1.82) is 0 Å². The Kier molecular flexibility index (Phi) is 9.05. The van der Waals surface area contributed by atoms with E-state index in [1.807, 2.05) is 36.4 Å². The zero-order chi connectivity index (χ0) is 15.3. The molecule has 22 heavy (non-hydrogen) atoms. The summed E-state index contributed by atoms with van der Waals surface area (Å²) in [5, 5.41) is 0. The van der Waals surface area contributed by atoms with Gasteiger partial charge in [0.2, 0.25) is 0 Å². The van der Waals surface area contributed by atoms with Crippen LogP contribution in [0, 0.1) is 0 Å². The average molecular weight is 352 g/mol. The molecule has 0 aromatic heterocycles. The van der Waals surface area contributed by atoms with E-state index in [9.17, 15) is 0 Å². The van der Waals surface area contributed by atoms with Gasteiger partial charge < -0.3 is 4.74 Å². The van der Waals surface area contributed by atoms with Crippen molar-refractivity contribution in [3.63, 3.8) is 0 Å². The Morgan fingerprint density at radius 2 is 1.18 bits per heavy atom. The molecule has 1 fully saturated rings. The van der Waals surface area contributed by atoms with Gasteiger partial charge in [0, 0.05) is 13.2 Å². The first-order valence-electron chi connectivity index (χ1n) is 7.76. The molecule has 0 N–H and O–H groups in total. The number of ether oxygens (including phenoxy) is 1. The fourth-order valence-corrected chi connectivity index (χ4v) is 3.62. The summed E-state index contributed by atoms with van der Waals surface area (Å²) in [6, 6.07) is 20.4. The minimum atomic E-state index is -1.30. The second kappa shape index (κ2) is 11.5. The van der Waals surface area contributed by atoms with Crippen molar-refractivity contribution in [3.8, 4) is 0 Å². The van der Waals surface area contributed by atoms with Crippen LogP contribution < -0.4 is 0 Å². The third-order valence-electron chi connectivity index (χ3n) is 3.22. The third-order valence-corrected chi connectivity index (χ3v) is 4.77. The quantitative estimate of drug-likeness (QED) is 0.578. The van der Waals surface area contributed by atoms with Gasteiger partial charge in [-0.05, 0) is 12.8 Å². The first kappa shape index (κ1) is 17.3. The molecule has 4 heteroatoms. The molecular weight excluding hydrogens is 330 g/mol. The van der Waals surface area contributed by atoms with Crippen molar-refractivity contribution in [3.05, 3.63) is 71.8 Å². The van der Waals surface area contributed by atoms with Crippen LogP contribution in [0.3, 0.4) is 0 Å². The maximum absolute atomic E-state index is 5.61. The molecule has 1 aliphatic rings. The molecule has 3 rings (SSSR count). The molecule has 1 aliphatic heterocycles. The SMILES string of the molecule is C1CCOC1.c1ccc(C[O][Zn][O]Cc2ccccc2)cc1. The molecule has 0 spiro atoms. The van der Waals surface area contributed by atoms with E-state index in [0.29, 0.717) is 13.2 Å². The standard InChI is InChI=1S/2C7H7O.C4H8O.Zn/c2*8-6-7-4-2-1-3-5-7;1-2-4-5-3-1;/h2*1-5H,6H2;1-4H2;/q2*-1;;+2. The molecule has 0 bridgehead atoms. The topological polar surface area (TPSA) is 27.7 Å². The minimum absolute atomic E-state index is 0.676. The molecule has 1 heterocycles. The fourth-order valence-electron chi connectivity index (χ4n) is 2.04. The number of benzene rings is 2. The molecule has 1 saturated heterocycles. The molecule has 2 aromatic carbocycles. The zero-order valence-corrected chi connectivity index (χ0v) is 15.9. The van der Waals surface area contributed by atoms with Gasteiger partial charge in [-0.3, -0.25) is 0 Å². The summed E-state index contributed by atoms with van der Waals surface area (Å²) in [4.78, 5) is 0. The van der Waals surface area contributed by atoms with Gasteiger partial charge >= 0.3 is 110 Å². The summed E-state index contributed by atoms with van der Waals surface area (Å²) in [6.07, 6.45) is 2.56. The van der Waals surface area contributed by atoms with Crippen LogP contribution in [0.1, 0.15) is 24.0 Å². The Hall–Kier alpha value is -1.06. The van der Waals surface area contributed by atoms with Gasteiger partial charge in [-0.15, -0.1) is 0 Å². The number of rotatable bonds is 6. The fraction of sp³-hybridized carbons (Fsp3) is 0.333. The van der Waals surface area contributed by atoms with Crippen LogP contribution in [-0.2, 0) is 42.9 Å². The van der Waals surface area contributed by atoms with E-state index in [1.165, 1.54) is 24.0 Å². The second-order valence-electron chi connectivity index (χ2n) is 5.11. The Labute approximate surface area is 141 Å². The molecule has 2 aromatic rings. The molecular formula is C18H22O3Zn. The van der Waals surface area contributed by atoms with E-state index in [1.54, 1.807) is 0 Å². The Morgan fingerprint density at radius 3 is 1.55 bits per heavy atom. The van der Waals surface area contributed by atoms with E-state index in [4.69, 9.17) is 11.9 Å². The second-order valence-corrected chi connectivity index (χ2v) is 7.31. The van der Waals surface area contributed by atoms with E-state index < -0.39 is 17.8 Å². The van der Waals surface area contributed by atoms with Crippen LogP contribution in [-0.4, -0.2) is 13.2 Å².